The van der Waals surface area contributed by atoms with Crippen LogP contribution in [0, 0.1) is 0 Å². The van der Waals surface area contributed by atoms with Gasteiger partial charge in [-0.15, -0.1) is 12.4 Å². The summed E-state index contributed by atoms with van der Waals surface area (Å²) in [6, 6.07) is 5.38. The lowest BCUT2D eigenvalue weighted by atomic mass is 9.95. The molecule has 0 aliphatic carbocycles. The number of halogens is 1. The molecule has 0 spiro atoms. The summed E-state index contributed by atoms with van der Waals surface area (Å²) in [6.07, 6.45) is -0.357. The van der Waals surface area contributed by atoms with E-state index in [0.29, 0.717) is 18.9 Å². The van der Waals surface area contributed by atoms with Gasteiger partial charge in [-0.2, -0.15) is 0 Å². The Balaban J connectivity index is 0.00000200. The van der Waals surface area contributed by atoms with Crippen LogP contribution in [0.3, 0.4) is 0 Å². The SMILES string of the molecule is CCN(C)C(=O)Oc1ccc2c(c1)CO[C@@H](C)[C@H]2N.Cl. The topological polar surface area (TPSA) is 64.8 Å². The van der Waals surface area contributed by atoms with Crippen LogP contribution in [0.5, 0.6) is 5.75 Å². The molecule has 0 fully saturated rings. The molecule has 0 saturated carbocycles. The molecular formula is C14H21ClN2O3. The van der Waals surface area contributed by atoms with Gasteiger partial charge in [0, 0.05) is 13.6 Å². The fourth-order valence-electron chi connectivity index (χ4n) is 1.98. The molecule has 1 aromatic carbocycles. The van der Waals surface area contributed by atoms with Crippen molar-refractivity contribution < 1.29 is 14.3 Å². The van der Waals surface area contributed by atoms with Gasteiger partial charge in [-0.3, -0.25) is 0 Å². The third-order valence-corrected chi connectivity index (χ3v) is 3.47. The Kier molecular flexibility index (Phi) is 5.80. The molecule has 1 aliphatic heterocycles. The second-order valence-electron chi connectivity index (χ2n) is 4.78. The van der Waals surface area contributed by atoms with E-state index in [1.807, 2.05) is 26.0 Å². The lowest BCUT2D eigenvalue weighted by molar-refractivity contribution is 0.0212. The maximum atomic E-state index is 11.7. The number of carbonyl (C=O) groups is 1. The number of amides is 1. The van der Waals surface area contributed by atoms with Crippen LogP contribution >= 0.6 is 12.4 Å². The molecular weight excluding hydrogens is 280 g/mol. The van der Waals surface area contributed by atoms with Gasteiger partial charge in [0.2, 0.25) is 0 Å². The van der Waals surface area contributed by atoms with E-state index in [1.165, 1.54) is 4.90 Å². The molecule has 0 bridgehead atoms. The highest BCUT2D eigenvalue weighted by atomic mass is 35.5. The van der Waals surface area contributed by atoms with Crippen LogP contribution in [-0.4, -0.2) is 30.7 Å². The smallest absolute Gasteiger partial charge is 0.410 e. The molecule has 2 atom stereocenters. The maximum absolute atomic E-state index is 11.7. The average molecular weight is 301 g/mol. The Morgan fingerprint density at radius 3 is 2.90 bits per heavy atom. The first-order valence-corrected chi connectivity index (χ1v) is 6.46. The second kappa shape index (κ2) is 6.92. The van der Waals surface area contributed by atoms with Gasteiger partial charge in [-0.25, -0.2) is 4.79 Å². The molecule has 20 heavy (non-hydrogen) atoms. The zero-order valence-electron chi connectivity index (χ0n) is 12.0. The summed E-state index contributed by atoms with van der Waals surface area (Å²) in [5, 5.41) is 0. The third-order valence-electron chi connectivity index (χ3n) is 3.47. The van der Waals surface area contributed by atoms with Crippen LogP contribution in [0.1, 0.15) is 31.0 Å². The zero-order chi connectivity index (χ0) is 14.0. The largest absolute Gasteiger partial charge is 0.414 e. The Morgan fingerprint density at radius 1 is 1.55 bits per heavy atom. The minimum absolute atomic E-state index is 0. The van der Waals surface area contributed by atoms with Crippen LogP contribution in [0.4, 0.5) is 4.79 Å². The lowest BCUT2D eigenvalue weighted by Gasteiger charge is -2.29. The van der Waals surface area contributed by atoms with E-state index in [1.54, 1.807) is 13.1 Å². The number of fused-ring (bicyclic) bond motifs is 1. The van der Waals surface area contributed by atoms with E-state index in [-0.39, 0.29) is 30.6 Å². The summed E-state index contributed by atoms with van der Waals surface area (Å²) >= 11 is 0. The van der Waals surface area contributed by atoms with Gasteiger partial charge in [0.1, 0.15) is 5.75 Å². The van der Waals surface area contributed by atoms with Gasteiger partial charge >= 0.3 is 6.09 Å². The van der Waals surface area contributed by atoms with E-state index in [2.05, 4.69) is 0 Å². The Hall–Kier alpha value is -1.30. The van der Waals surface area contributed by atoms with Crippen molar-refractivity contribution in [2.75, 3.05) is 13.6 Å². The number of benzene rings is 1. The monoisotopic (exact) mass is 300 g/mol. The van der Waals surface area contributed by atoms with E-state index < -0.39 is 0 Å². The number of rotatable bonds is 2. The number of ether oxygens (including phenoxy) is 2. The molecule has 0 saturated heterocycles. The number of nitrogens with two attached hydrogens (primary N) is 1. The van der Waals surface area contributed by atoms with Crippen LogP contribution in [0.25, 0.3) is 0 Å². The van der Waals surface area contributed by atoms with E-state index >= 15 is 0 Å². The molecule has 2 N–H and O–H groups in total. The number of hydrogen-bond acceptors (Lipinski definition) is 4. The van der Waals surface area contributed by atoms with Crippen molar-refractivity contribution in [1.29, 1.82) is 0 Å². The van der Waals surface area contributed by atoms with E-state index in [4.69, 9.17) is 15.2 Å². The van der Waals surface area contributed by atoms with E-state index in [9.17, 15) is 4.79 Å². The number of hydrogen-bond donors (Lipinski definition) is 1. The van der Waals surface area contributed by atoms with Crippen LogP contribution in [0.15, 0.2) is 18.2 Å². The predicted octanol–water partition coefficient (Wildman–Crippen LogP) is 2.48. The molecule has 0 aromatic heterocycles. The van der Waals surface area contributed by atoms with E-state index in [0.717, 1.165) is 11.1 Å². The average Bonchev–Trinajstić information content (AvgIpc) is 2.42. The van der Waals surface area contributed by atoms with Gasteiger partial charge in [-0.05, 0) is 37.1 Å². The number of nitrogens with zero attached hydrogens (tertiary/aromatic N) is 1. The zero-order valence-corrected chi connectivity index (χ0v) is 12.8. The second-order valence-corrected chi connectivity index (χ2v) is 4.78. The highest BCUT2D eigenvalue weighted by Gasteiger charge is 2.24. The summed E-state index contributed by atoms with van der Waals surface area (Å²) in [4.78, 5) is 13.2. The molecule has 1 amide bonds. The summed E-state index contributed by atoms with van der Waals surface area (Å²) in [7, 11) is 1.70. The van der Waals surface area contributed by atoms with Crippen molar-refractivity contribution >= 4 is 18.5 Å². The Morgan fingerprint density at radius 2 is 2.25 bits per heavy atom. The first-order valence-electron chi connectivity index (χ1n) is 6.46. The van der Waals surface area contributed by atoms with Crippen molar-refractivity contribution in [3.8, 4) is 5.75 Å². The third kappa shape index (κ3) is 3.42. The fraction of sp³-hybridized carbons (Fsp3) is 0.500. The normalized spacial score (nSPS) is 20.6. The highest BCUT2D eigenvalue weighted by Crippen LogP contribution is 2.30. The maximum Gasteiger partial charge on any atom is 0.414 e. The van der Waals surface area contributed by atoms with Crippen molar-refractivity contribution in [1.82, 2.24) is 4.90 Å². The summed E-state index contributed by atoms with van der Waals surface area (Å²) < 4.78 is 10.9. The van der Waals surface area contributed by atoms with Crippen LogP contribution < -0.4 is 10.5 Å². The van der Waals surface area contributed by atoms with Gasteiger partial charge in [-0.1, -0.05) is 6.07 Å². The minimum Gasteiger partial charge on any atom is -0.410 e. The van der Waals surface area contributed by atoms with Gasteiger partial charge in [0.25, 0.3) is 0 Å². The summed E-state index contributed by atoms with van der Waals surface area (Å²) in [6.45, 7) is 4.95. The van der Waals surface area contributed by atoms with Crippen molar-refractivity contribution in [3.05, 3.63) is 29.3 Å². The molecule has 112 valence electrons. The standard InChI is InChI=1S/C14H20N2O3.ClH/c1-4-16(3)14(17)19-11-5-6-12-10(7-11)8-18-9(2)13(12)15;/h5-7,9,13H,4,8,15H2,1-3H3;1H/t9-,13+;/m0./s1. The van der Waals surface area contributed by atoms with Crippen LogP contribution in [-0.2, 0) is 11.3 Å². The predicted molar refractivity (Wildman–Crippen MR) is 79.2 cm³/mol. The summed E-state index contributed by atoms with van der Waals surface area (Å²) in [5.74, 6) is 0.523. The van der Waals surface area contributed by atoms with Crippen molar-refractivity contribution in [3.63, 3.8) is 0 Å². The number of carbonyl (C=O) groups excluding carboxylic acids is 1. The lowest BCUT2D eigenvalue weighted by Crippen LogP contribution is -2.32. The van der Waals surface area contributed by atoms with Crippen molar-refractivity contribution in [2.24, 2.45) is 5.73 Å². The van der Waals surface area contributed by atoms with Gasteiger partial charge in [0.05, 0.1) is 18.8 Å². The van der Waals surface area contributed by atoms with Gasteiger partial charge < -0.3 is 20.1 Å². The first kappa shape index (κ1) is 16.8. The van der Waals surface area contributed by atoms with Gasteiger partial charge in [0.15, 0.2) is 0 Å². The quantitative estimate of drug-likeness (QED) is 0.911. The molecule has 1 aromatic rings. The molecule has 1 heterocycles. The molecule has 6 heteroatoms. The molecule has 1 aliphatic rings. The molecule has 0 radical (unpaired) electrons. The Labute approximate surface area is 125 Å². The molecule has 2 rings (SSSR count). The first-order chi connectivity index (χ1) is 9.02. The molecule has 0 unspecified atom stereocenters. The minimum atomic E-state index is -0.364. The Bertz CT molecular complexity index is 481. The fourth-order valence-corrected chi connectivity index (χ4v) is 1.98. The summed E-state index contributed by atoms with van der Waals surface area (Å²) in [5.41, 5.74) is 8.11. The van der Waals surface area contributed by atoms with Crippen molar-refractivity contribution in [2.45, 2.75) is 32.6 Å². The van der Waals surface area contributed by atoms with Crippen LogP contribution in [0.2, 0.25) is 0 Å². The highest BCUT2D eigenvalue weighted by molar-refractivity contribution is 5.85. The molecule has 5 nitrogen and oxygen atoms in total.